The molecule has 35 heavy (non-hydrogen) atoms. The second kappa shape index (κ2) is 11.0. The predicted octanol–water partition coefficient (Wildman–Crippen LogP) is 4.57. The number of halogens is 3. The van der Waals surface area contributed by atoms with E-state index in [4.69, 9.17) is 4.74 Å². The minimum absolute atomic E-state index is 0.0649. The van der Waals surface area contributed by atoms with Crippen molar-refractivity contribution in [3.05, 3.63) is 65.2 Å². The van der Waals surface area contributed by atoms with Crippen molar-refractivity contribution in [2.75, 3.05) is 26.2 Å². The molecule has 0 radical (unpaired) electrons. The van der Waals surface area contributed by atoms with Gasteiger partial charge < -0.3 is 19.7 Å². The highest BCUT2D eigenvalue weighted by Gasteiger charge is 2.31. The van der Waals surface area contributed by atoms with E-state index in [0.717, 1.165) is 11.1 Å². The number of nitrogens with zero attached hydrogens (tertiary/aromatic N) is 2. The molecule has 0 aromatic heterocycles. The van der Waals surface area contributed by atoms with Gasteiger partial charge in [-0.05, 0) is 56.2 Å². The number of carbonyl (C=O) groups excluding carboxylic acids is 2. The maximum absolute atomic E-state index is 12.9. The van der Waals surface area contributed by atoms with Gasteiger partial charge in [-0.2, -0.15) is 0 Å². The maximum atomic E-state index is 12.9. The first-order chi connectivity index (χ1) is 16.4. The minimum atomic E-state index is -4.71. The average Bonchev–Trinajstić information content (AvgIpc) is 2.77. The highest BCUT2D eigenvalue weighted by atomic mass is 19.4. The molecule has 0 aliphatic carbocycles. The second-order valence-corrected chi connectivity index (χ2v) is 9.31. The van der Waals surface area contributed by atoms with E-state index in [0.29, 0.717) is 44.8 Å². The number of benzene rings is 2. The predicted molar refractivity (Wildman–Crippen MR) is 124 cm³/mol. The molecule has 1 saturated heterocycles. The Morgan fingerprint density at radius 1 is 0.886 bits per heavy atom. The number of hydrogen-bond acceptors (Lipinski definition) is 5. The van der Waals surface area contributed by atoms with E-state index in [1.807, 2.05) is 0 Å². The van der Waals surface area contributed by atoms with Gasteiger partial charge in [0.05, 0.1) is 0 Å². The molecule has 3 rings (SSSR count). The summed E-state index contributed by atoms with van der Waals surface area (Å²) in [7, 11) is 0. The van der Waals surface area contributed by atoms with Crippen LogP contribution in [-0.4, -0.2) is 59.9 Å². The summed E-state index contributed by atoms with van der Waals surface area (Å²) in [5.41, 5.74) is 1.72. The lowest BCUT2D eigenvalue weighted by atomic mass is 10.1. The van der Waals surface area contributed by atoms with Crippen LogP contribution in [-0.2, 0) is 17.8 Å². The fourth-order valence-electron chi connectivity index (χ4n) is 3.60. The van der Waals surface area contributed by atoms with Crippen LogP contribution < -0.4 is 10.1 Å². The second-order valence-electron chi connectivity index (χ2n) is 9.31. The summed E-state index contributed by atoms with van der Waals surface area (Å²) in [5, 5.41) is 2.69. The Morgan fingerprint density at radius 3 is 2.00 bits per heavy atom. The highest BCUT2D eigenvalue weighted by Crippen LogP contribution is 2.23. The van der Waals surface area contributed by atoms with E-state index >= 15 is 0 Å². The van der Waals surface area contributed by atoms with Crippen LogP contribution in [0, 0.1) is 0 Å². The van der Waals surface area contributed by atoms with Gasteiger partial charge in [-0.1, -0.05) is 24.3 Å². The lowest BCUT2D eigenvalue weighted by molar-refractivity contribution is -0.274. The van der Waals surface area contributed by atoms with Crippen molar-refractivity contribution in [1.29, 1.82) is 0 Å². The first-order valence-electron chi connectivity index (χ1n) is 11.3. The molecule has 2 aromatic carbocycles. The SMILES string of the molecule is CC(C)(C)OC(=O)NCc1ccc(C(=O)N2CCN(Cc3ccc(OC(F)(F)F)cc3)CC2)cc1. The van der Waals surface area contributed by atoms with E-state index in [-0.39, 0.29) is 11.7 Å². The van der Waals surface area contributed by atoms with Crippen LogP contribution in [0.25, 0.3) is 0 Å². The van der Waals surface area contributed by atoms with E-state index < -0.39 is 18.1 Å². The van der Waals surface area contributed by atoms with Crippen LogP contribution in [0.2, 0.25) is 0 Å². The Bertz CT molecular complexity index is 995. The van der Waals surface area contributed by atoms with Crippen molar-refractivity contribution in [1.82, 2.24) is 15.1 Å². The third kappa shape index (κ3) is 8.79. The third-order valence-electron chi connectivity index (χ3n) is 5.26. The molecular formula is C25H30F3N3O4. The number of rotatable bonds is 6. The zero-order valence-electron chi connectivity index (χ0n) is 20.0. The summed E-state index contributed by atoms with van der Waals surface area (Å²) >= 11 is 0. The monoisotopic (exact) mass is 493 g/mol. The smallest absolute Gasteiger partial charge is 0.444 e. The van der Waals surface area contributed by atoms with Crippen LogP contribution in [0.15, 0.2) is 48.5 Å². The van der Waals surface area contributed by atoms with Crippen LogP contribution in [0.3, 0.4) is 0 Å². The van der Waals surface area contributed by atoms with Crippen LogP contribution >= 0.6 is 0 Å². The largest absolute Gasteiger partial charge is 0.573 e. The Labute approximate surface area is 202 Å². The van der Waals surface area contributed by atoms with Crippen LogP contribution in [0.5, 0.6) is 5.75 Å². The number of alkyl halides is 3. The maximum Gasteiger partial charge on any atom is 0.573 e. The molecule has 0 atom stereocenters. The first-order valence-corrected chi connectivity index (χ1v) is 11.3. The molecule has 2 amide bonds. The lowest BCUT2D eigenvalue weighted by Crippen LogP contribution is -2.48. The molecule has 0 spiro atoms. The van der Waals surface area contributed by atoms with Crippen molar-refractivity contribution in [3.63, 3.8) is 0 Å². The van der Waals surface area contributed by atoms with E-state index in [1.54, 1.807) is 62.1 Å². The quantitative estimate of drug-likeness (QED) is 0.639. The number of hydrogen-bond donors (Lipinski definition) is 1. The summed E-state index contributed by atoms with van der Waals surface area (Å²) < 4.78 is 46.0. The molecule has 0 unspecified atom stereocenters. The Morgan fingerprint density at radius 2 is 1.46 bits per heavy atom. The van der Waals surface area contributed by atoms with Gasteiger partial charge in [0.15, 0.2) is 0 Å². The molecule has 1 heterocycles. The van der Waals surface area contributed by atoms with Gasteiger partial charge in [0, 0.05) is 44.8 Å². The summed E-state index contributed by atoms with van der Waals surface area (Å²) in [6.07, 6.45) is -5.21. The van der Waals surface area contributed by atoms with Gasteiger partial charge >= 0.3 is 12.5 Å². The molecule has 7 nitrogen and oxygen atoms in total. The van der Waals surface area contributed by atoms with Gasteiger partial charge in [0.2, 0.25) is 0 Å². The number of nitrogens with one attached hydrogen (secondary N) is 1. The van der Waals surface area contributed by atoms with Gasteiger partial charge in [0.25, 0.3) is 5.91 Å². The van der Waals surface area contributed by atoms with Crippen molar-refractivity contribution >= 4 is 12.0 Å². The normalized spacial score (nSPS) is 15.0. The lowest BCUT2D eigenvalue weighted by Gasteiger charge is -2.34. The molecule has 2 aromatic rings. The molecule has 1 fully saturated rings. The van der Waals surface area contributed by atoms with Crippen molar-refractivity contribution in [3.8, 4) is 5.75 Å². The van der Waals surface area contributed by atoms with Crippen molar-refractivity contribution < 1.29 is 32.2 Å². The van der Waals surface area contributed by atoms with E-state index in [2.05, 4.69) is 15.0 Å². The Balaban J connectivity index is 1.44. The molecule has 10 heteroatoms. The number of carbonyl (C=O) groups is 2. The summed E-state index contributed by atoms with van der Waals surface area (Å²) in [4.78, 5) is 28.6. The molecule has 1 aliphatic heterocycles. The fraction of sp³-hybridized carbons (Fsp3) is 0.440. The van der Waals surface area contributed by atoms with Crippen LogP contribution in [0.4, 0.5) is 18.0 Å². The summed E-state index contributed by atoms with van der Waals surface area (Å²) in [5.74, 6) is -0.312. The van der Waals surface area contributed by atoms with Crippen LogP contribution in [0.1, 0.15) is 42.3 Å². The molecule has 1 aliphatic rings. The first kappa shape index (κ1) is 26.3. The van der Waals surface area contributed by atoms with Gasteiger partial charge in [-0.25, -0.2) is 4.79 Å². The third-order valence-corrected chi connectivity index (χ3v) is 5.26. The minimum Gasteiger partial charge on any atom is -0.444 e. The van der Waals surface area contributed by atoms with Gasteiger partial charge in [-0.15, -0.1) is 13.2 Å². The summed E-state index contributed by atoms with van der Waals surface area (Å²) in [6, 6.07) is 12.9. The molecule has 1 N–H and O–H groups in total. The molecular weight excluding hydrogens is 463 g/mol. The average molecular weight is 494 g/mol. The highest BCUT2D eigenvalue weighted by molar-refractivity contribution is 5.94. The zero-order valence-corrected chi connectivity index (χ0v) is 20.0. The van der Waals surface area contributed by atoms with E-state index in [9.17, 15) is 22.8 Å². The van der Waals surface area contributed by atoms with Crippen molar-refractivity contribution in [2.24, 2.45) is 0 Å². The Hall–Kier alpha value is -3.27. The zero-order chi connectivity index (χ0) is 25.6. The van der Waals surface area contributed by atoms with Crippen molar-refractivity contribution in [2.45, 2.75) is 45.8 Å². The van der Waals surface area contributed by atoms with Gasteiger partial charge in [-0.3, -0.25) is 9.69 Å². The number of alkyl carbamates (subject to hydrolysis) is 1. The Kier molecular flexibility index (Phi) is 8.26. The number of piperazine rings is 1. The van der Waals surface area contributed by atoms with Gasteiger partial charge in [0.1, 0.15) is 11.4 Å². The number of ether oxygens (including phenoxy) is 2. The summed E-state index contributed by atoms with van der Waals surface area (Å²) in [6.45, 7) is 8.67. The molecule has 190 valence electrons. The topological polar surface area (TPSA) is 71.1 Å². The number of amides is 2. The standard InChI is InChI=1S/C25H30F3N3O4/c1-24(2,3)35-23(33)29-16-18-4-8-20(9-5-18)22(32)31-14-12-30(13-15-31)17-19-6-10-21(11-7-19)34-25(26,27)28/h4-11H,12-17H2,1-3H3,(H,29,33). The van der Waals surface area contributed by atoms with E-state index in [1.165, 1.54) is 12.1 Å². The molecule has 0 saturated carbocycles. The fourth-order valence-corrected chi connectivity index (χ4v) is 3.60. The molecule has 0 bridgehead atoms.